The fraction of sp³-hybridized carbons (Fsp3) is 0.684. The fourth-order valence-electron chi connectivity index (χ4n) is 3.47. The van der Waals surface area contributed by atoms with Crippen molar-refractivity contribution in [1.82, 2.24) is 15.0 Å². The van der Waals surface area contributed by atoms with Gasteiger partial charge in [0.1, 0.15) is 6.54 Å². The molecular formula is C19H27N3O3S. The normalized spacial score (nSPS) is 17.3. The van der Waals surface area contributed by atoms with Gasteiger partial charge in [0.05, 0.1) is 12.0 Å². The molecule has 0 saturated carbocycles. The first-order valence-corrected chi connectivity index (χ1v) is 10.2. The van der Waals surface area contributed by atoms with E-state index in [0.29, 0.717) is 22.7 Å². The van der Waals surface area contributed by atoms with Gasteiger partial charge in [-0.1, -0.05) is 39.3 Å². The highest BCUT2D eigenvalue weighted by Gasteiger charge is 2.32. The topological polar surface area (TPSA) is 74.1 Å². The number of ether oxygens (including phenoxy) is 1. The van der Waals surface area contributed by atoms with E-state index in [-0.39, 0.29) is 17.5 Å². The van der Waals surface area contributed by atoms with E-state index in [2.05, 4.69) is 31.1 Å². The van der Waals surface area contributed by atoms with Gasteiger partial charge >= 0.3 is 5.97 Å². The number of thiophene rings is 1. The van der Waals surface area contributed by atoms with E-state index in [4.69, 9.17) is 4.74 Å². The van der Waals surface area contributed by atoms with Crippen LogP contribution in [0.2, 0.25) is 0 Å². The molecule has 0 N–H and O–H groups in total. The van der Waals surface area contributed by atoms with E-state index >= 15 is 0 Å². The van der Waals surface area contributed by atoms with Crippen LogP contribution in [-0.4, -0.2) is 27.6 Å². The van der Waals surface area contributed by atoms with Crippen molar-refractivity contribution in [3.05, 3.63) is 20.8 Å². The van der Waals surface area contributed by atoms with E-state index in [1.165, 1.54) is 4.88 Å². The summed E-state index contributed by atoms with van der Waals surface area (Å²) in [5.74, 6) is 0.165. The summed E-state index contributed by atoms with van der Waals surface area (Å²) in [4.78, 5) is 26.7. The lowest BCUT2D eigenvalue weighted by molar-refractivity contribution is -0.144. The van der Waals surface area contributed by atoms with Gasteiger partial charge in [-0.25, -0.2) is 0 Å². The molecule has 26 heavy (non-hydrogen) atoms. The number of esters is 1. The minimum Gasteiger partial charge on any atom is -0.464 e. The minimum absolute atomic E-state index is 0.180. The van der Waals surface area contributed by atoms with Gasteiger partial charge in [-0.3, -0.25) is 9.59 Å². The first-order chi connectivity index (χ1) is 12.3. The van der Waals surface area contributed by atoms with Crippen LogP contribution in [0.5, 0.6) is 0 Å². The number of hydrogen-bond donors (Lipinski definition) is 0. The SMILES string of the molecule is CCCCOC(=O)Cn1nnc2sc3c(c2c1=O)CCC(C(C)(C)C)C3. The Bertz CT molecular complexity index is 863. The van der Waals surface area contributed by atoms with Crippen molar-refractivity contribution < 1.29 is 9.53 Å². The number of carbonyl (C=O) groups is 1. The molecule has 1 aliphatic carbocycles. The van der Waals surface area contributed by atoms with Crippen molar-refractivity contribution in [1.29, 1.82) is 0 Å². The lowest BCUT2D eigenvalue weighted by Gasteiger charge is -2.33. The fourth-order valence-corrected chi connectivity index (χ4v) is 4.70. The quantitative estimate of drug-likeness (QED) is 0.590. The molecule has 6 nitrogen and oxygen atoms in total. The molecule has 0 aliphatic heterocycles. The van der Waals surface area contributed by atoms with Crippen LogP contribution < -0.4 is 5.56 Å². The van der Waals surface area contributed by atoms with E-state index in [0.717, 1.165) is 42.3 Å². The third-order valence-electron chi connectivity index (χ3n) is 5.20. The first kappa shape index (κ1) is 19.0. The molecule has 0 amide bonds. The number of carbonyl (C=O) groups excluding carboxylic acids is 1. The molecule has 1 atom stereocenters. The first-order valence-electron chi connectivity index (χ1n) is 9.35. The molecule has 2 aromatic heterocycles. The third-order valence-corrected chi connectivity index (χ3v) is 6.34. The number of fused-ring (bicyclic) bond motifs is 3. The molecule has 0 saturated heterocycles. The predicted octanol–water partition coefficient (Wildman–Crippen LogP) is 3.35. The lowest BCUT2D eigenvalue weighted by atomic mass is 9.72. The number of aryl methyl sites for hydroxylation is 1. The van der Waals surface area contributed by atoms with Crippen molar-refractivity contribution in [2.24, 2.45) is 11.3 Å². The molecule has 1 unspecified atom stereocenters. The molecule has 0 aromatic carbocycles. The Morgan fingerprint density at radius 3 is 2.85 bits per heavy atom. The largest absolute Gasteiger partial charge is 0.464 e. The predicted molar refractivity (Wildman–Crippen MR) is 103 cm³/mol. The van der Waals surface area contributed by atoms with Crippen molar-refractivity contribution >= 4 is 27.5 Å². The van der Waals surface area contributed by atoms with Gasteiger partial charge in [-0.15, -0.1) is 16.4 Å². The Morgan fingerprint density at radius 1 is 1.38 bits per heavy atom. The van der Waals surface area contributed by atoms with Gasteiger partial charge in [0.2, 0.25) is 0 Å². The Kier molecular flexibility index (Phi) is 5.46. The number of nitrogens with zero attached hydrogens (tertiary/aromatic N) is 3. The number of aromatic nitrogens is 3. The van der Waals surface area contributed by atoms with E-state index in [9.17, 15) is 9.59 Å². The average molecular weight is 378 g/mol. The summed E-state index contributed by atoms with van der Waals surface area (Å²) < 4.78 is 6.27. The van der Waals surface area contributed by atoms with Gasteiger partial charge < -0.3 is 4.74 Å². The molecule has 3 rings (SSSR count). The summed E-state index contributed by atoms with van der Waals surface area (Å²) >= 11 is 1.58. The van der Waals surface area contributed by atoms with E-state index in [1.807, 2.05) is 6.92 Å². The summed E-state index contributed by atoms with van der Waals surface area (Å²) in [7, 11) is 0. The van der Waals surface area contributed by atoms with Crippen LogP contribution in [0.1, 0.15) is 57.4 Å². The van der Waals surface area contributed by atoms with E-state index in [1.54, 1.807) is 11.3 Å². The van der Waals surface area contributed by atoms with Crippen LogP contribution >= 0.6 is 11.3 Å². The lowest BCUT2D eigenvalue weighted by Crippen LogP contribution is -2.30. The van der Waals surface area contributed by atoms with Gasteiger partial charge in [0.25, 0.3) is 5.56 Å². The van der Waals surface area contributed by atoms with Crippen LogP contribution in [0, 0.1) is 11.3 Å². The molecular weight excluding hydrogens is 350 g/mol. The molecule has 0 radical (unpaired) electrons. The Balaban J connectivity index is 1.86. The maximum Gasteiger partial charge on any atom is 0.327 e. The minimum atomic E-state index is -0.439. The van der Waals surface area contributed by atoms with Crippen molar-refractivity contribution in [3.63, 3.8) is 0 Å². The summed E-state index contributed by atoms with van der Waals surface area (Å²) in [6.07, 6.45) is 4.72. The average Bonchev–Trinajstić information content (AvgIpc) is 2.95. The van der Waals surface area contributed by atoms with Crippen LogP contribution in [0.15, 0.2) is 4.79 Å². The second-order valence-corrected chi connectivity index (χ2v) is 9.20. The van der Waals surface area contributed by atoms with Crippen LogP contribution in [0.25, 0.3) is 10.2 Å². The van der Waals surface area contributed by atoms with Crippen LogP contribution in [0.4, 0.5) is 0 Å². The van der Waals surface area contributed by atoms with Gasteiger partial charge in [-0.2, -0.15) is 4.68 Å². The second-order valence-electron chi connectivity index (χ2n) is 8.12. The van der Waals surface area contributed by atoms with Crippen molar-refractivity contribution in [3.8, 4) is 0 Å². The van der Waals surface area contributed by atoms with Crippen LogP contribution in [0.3, 0.4) is 0 Å². The summed E-state index contributed by atoms with van der Waals surface area (Å²) in [6.45, 7) is 9.04. The van der Waals surface area contributed by atoms with Gasteiger partial charge in [-0.05, 0) is 42.6 Å². The Hall–Kier alpha value is -1.76. The Labute approximate surface area is 157 Å². The maximum atomic E-state index is 12.9. The van der Waals surface area contributed by atoms with Gasteiger partial charge in [0, 0.05) is 4.88 Å². The zero-order valence-electron chi connectivity index (χ0n) is 16.0. The molecule has 2 heterocycles. The highest BCUT2D eigenvalue weighted by Crippen LogP contribution is 2.41. The highest BCUT2D eigenvalue weighted by atomic mass is 32.1. The highest BCUT2D eigenvalue weighted by molar-refractivity contribution is 7.18. The standard InChI is InChI=1S/C19H27N3O3S/c1-5-6-9-25-15(23)11-22-18(24)16-13-8-7-12(19(2,3)4)10-14(13)26-17(16)20-21-22/h12H,5-11H2,1-4H3. The maximum absolute atomic E-state index is 12.9. The van der Waals surface area contributed by atoms with Crippen LogP contribution in [-0.2, 0) is 28.9 Å². The molecule has 142 valence electrons. The summed E-state index contributed by atoms with van der Waals surface area (Å²) in [6, 6.07) is 0. The molecule has 0 fully saturated rings. The van der Waals surface area contributed by atoms with Gasteiger partial charge in [0.15, 0.2) is 4.83 Å². The molecule has 7 heteroatoms. The number of rotatable bonds is 5. The summed E-state index contributed by atoms with van der Waals surface area (Å²) in [5.41, 5.74) is 1.13. The number of hydrogen-bond acceptors (Lipinski definition) is 6. The smallest absolute Gasteiger partial charge is 0.327 e. The zero-order valence-corrected chi connectivity index (χ0v) is 16.8. The molecule has 0 bridgehead atoms. The van der Waals surface area contributed by atoms with Crippen molar-refractivity contribution in [2.45, 2.75) is 66.3 Å². The monoisotopic (exact) mass is 377 g/mol. The zero-order chi connectivity index (χ0) is 18.9. The summed E-state index contributed by atoms with van der Waals surface area (Å²) in [5, 5.41) is 8.80. The molecule has 0 spiro atoms. The Morgan fingerprint density at radius 2 is 2.15 bits per heavy atom. The molecule has 2 aromatic rings. The second kappa shape index (κ2) is 7.47. The molecule has 1 aliphatic rings. The van der Waals surface area contributed by atoms with Crippen molar-refractivity contribution in [2.75, 3.05) is 6.61 Å². The van der Waals surface area contributed by atoms with E-state index < -0.39 is 5.97 Å². The number of unbranched alkanes of at least 4 members (excludes halogenated alkanes) is 1. The third kappa shape index (κ3) is 3.82.